The van der Waals surface area contributed by atoms with E-state index >= 15 is 0 Å². The van der Waals surface area contributed by atoms with Crippen molar-refractivity contribution >= 4 is 32.7 Å². The van der Waals surface area contributed by atoms with Gasteiger partial charge in [-0.1, -0.05) is 55.5 Å². The summed E-state index contributed by atoms with van der Waals surface area (Å²) in [5.74, 6) is -2.79. The summed E-state index contributed by atoms with van der Waals surface area (Å²) in [5, 5.41) is 9.88. The van der Waals surface area contributed by atoms with Gasteiger partial charge in [-0.25, -0.2) is 8.42 Å². The molecule has 1 atom stereocenters. The standard InChI is InChI=1S/C22H23NO6S/c1-15(22(25)26)12-23(13-16-8-4-3-5-9-16)21(24)20-18(14-30(2,27)28)17-10-6-7-11-19(17)29-20/h3-11,15H,12-14H2,1-2H3,(H,25,26)/t15-/m1/s1. The van der Waals surface area contributed by atoms with Crippen molar-refractivity contribution in [2.24, 2.45) is 5.92 Å². The highest BCUT2D eigenvalue weighted by Gasteiger charge is 2.29. The van der Waals surface area contributed by atoms with E-state index < -0.39 is 27.6 Å². The lowest BCUT2D eigenvalue weighted by Gasteiger charge is -2.24. The Kier molecular flexibility index (Phi) is 6.26. The molecule has 0 spiro atoms. The molecule has 0 aliphatic carbocycles. The summed E-state index contributed by atoms with van der Waals surface area (Å²) >= 11 is 0. The Morgan fingerprint density at radius 2 is 1.70 bits per heavy atom. The van der Waals surface area contributed by atoms with Crippen molar-refractivity contribution in [3.05, 3.63) is 71.5 Å². The van der Waals surface area contributed by atoms with E-state index in [1.807, 2.05) is 30.3 Å². The molecule has 0 unspecified atom stereocenters. The lowest BCUT2D eigenvalue weighted by atomic mass is 10.1. The number of fused-ring (bicyclic) bond motifs is 1. The van der Waals surface area contributed by atoms with E-state index in [2.05, 4.69) is 0 Å². The van der Waals surface area contributed by atoms with Gasteiger partial charge in [-0.3, -0.25) is 9.59 Å². The van der Waals surface area contributed by atoms with E-state index in [1.165, 1.54) is 11.8 Å². The van der Waals surface area contributed by atoms with Crippen molar-refractivity contribution in [1.82, 2.24) is 4.90 Å². The van der Waals surface area contributed by atoms with Crippen molar-refractivity contribution in [2.45, 2.75) is 19.2 Å². The highest BCUT2D eigenvalue weighted by atomic mass is 32.2. The SMILES string of the molecule is C[C@H](CN(Cc1ccccc1)C(=O)c1oc2ccccc2c1CS(C)(=O)=O)C(=O)O. The zero-order valence-corrected chi connectivity index (χ0v) is 17.6. The predicted molar refractivity (Wildman–Crippen MR) is 113 cm³/mol. The topological polar surface area (TPSA) is 105 Å². The molecule has 1 heterocycles. The minimum Gasteiger partial charge on any atom is -0.481 e. The van der Waals surface area contributed by atoms with Gasteiger partial charge in [0.15, 0.2) is 15.6 Å². The number of aliphatic carboxylic acids is 1. The molecule has 30 heavy (non-hydrogen) atoms. The molecule has 8 heteroatoms. The molecule has 1 aromatic heterocycles. The number of hydrogen-bond donors (Lipinski definition) is 1. The van der Waals surface area contributed by atoms with Gasteiger partial charge in [0.25, 0.3) is 5.91 Å². The highest BCUT2D eigenvalue weighted by molar-refractivity contribution is 7.89. The zero-order valence-electron chi connectivity index (χ0n) is 16.7. The van der Waals surface area contributed by atoms with E-state index in [0.29, 0.717) is 16.5 Å². The average Bonchev–Trinajstić information content (AvgIpc) is 3.04. The van der Waals surface area contributed by atoms with E-state index in [1.54, 1.807) is 24.3 Å². The Morgan fingerprint density at radius 3 is 2.33 bits per heavy atom. The van der Waals surface area contributed by atoms with E-state index in [-0.39, 0.29) is 24.6 Å². The summed E-state index contributed by atoms with van der Waals surface area (Å²) in [7, 11) is -3.44. The molecule has 158 valence electrons. The van der Waals surface area contributed by atoms with Crippen LogP contribution >= 0.6 is 0 Å². The van der Waals surface area contributed by atoms with Gasteiger partial charge in [-0.05, 0) is 11.6 Å². The van der Waals surface area contributed by atoms with Crippen molar-refractivity contribution < 1.29 is 27.5 Å². The third-order valence-electron chi connectivity index (χ3n) is 4.72. The van der Waals surface area contributed by atoms with Crippen LogP contribution in [0.4, 0.5) is 0 Å². The van der Waals surface area contributed by atoms with Crippen molar-refractivity contribution in [3.63, 3.8) is 0 Å². The number of furan rings is 1. The van der Waals surface area contributed by atoms with Gasteiger partial charge in [0.05, 0.1) is 11.7 Å². The third kappa shape index (κ3) is 5.07. The first kappa shape index (κ1) is 21.6. The van der Waals surface area contributed by atoms with E-state index in [0.717, 1.165) is 11.8 Å². The number of carbonyl (C=O) groups is 2. The monoisotopic (exact) mass is 429 g/mol. The Labute approximate surface area is 174 Å². The normalized spacial score (nSPS) is 12.6. The molecule has 3 aromatic rings. The molecular formula is C22H23NO6S. The fraction of sp³-hybridized carbons (Fsp3) is 0.273. The van der Waals surface area contributed by atoms with Crippen LogP contribution < -0.4 is 0 Å². The summed E-state index contributed by atoms with van der Waals surface area (Å²) in [6, 6.07) is 16.0. The molecule has 0 bridgehead atoms. The van der Waals surface area contributed by atoms with E-state index in [9.17, 15) is 23.1 Å². The molecule has 0 saturated heterocycles. The second kappa shape index (κ2) is 8.71. The molecule has 0 aliphatic rings. The van der Waals surface area contributed by atoms with Crippen molar-refractivity contribution in [1.29, 1.82) is 0 Å². The van der Waals surface area contributed by atoms with E-state index in [4.69, 9.17) is 4.42 Å². The maximum Gasteiger partial charge on any atom is 0.308 e. The predicted octanol–water partition coefficient (Wildman–Crippen LogP) is 3.34. The van der Waals surface area contributed by atoms with Crippen LogP contribution in [-0.4, -0.2) is 43.1 Å². The molecule has 7 nitrogen and oxygen atoms in total. The quantitative estimate of drug-likeness (QED) is 0.589. The molecule has 0 saturated carbocycles. The summed E-state index contributed by atoms with van der Waals surface area (Å²) in [4.78, 5) is 26.2. The number of nitrogens with zero attached hydrogens (tertiary/aromatic N) is 1. The number of amides is 1. The second-order valence-corrected chi connectivity index (χ2v) is 9.53. The molecule has 1 N–H and O–H groups in total. The molecule has 3 rings (SSSR count). The fourth-order valence-corrected chi connectivity index (χ4v) is 4.06. The number of benzene rings is 2. The Bertz CT molecular complexity index is 1170. The number of rotatable bonds is 8. The van der Waals surface area contributed by atoms with Gasteiger partial charge in [-0.15, -0.1) is 0 Å². The van der Waals surface area contributed by atoms with Crippen LogP contribution in [0.3, 0.4) is 0 Å². The summed E-state index contributed by atoms with van der Waals surface area (Å²) in [6.07, 6.45) is 1.09. The van der Waals surface area contributed by atoms with Crippen LogP contribution in [-0.2, 0) is 26.9 Å². The Balaban J connectivity index is 2.05. The van der Waals surface area contributed by atoms with Gasteiger partial charge in [-0.2, -0.15) is 0 Å². The number of hydrogen-bond acceptors (Lipinski definition) is 5. The minimum atomic E-state index is -3.44. The number of carboxylic acid groups (broad SMARTS) is 1. The minimum absolute atomic E-state index is 0.0432. The first-order valence-corrected chi connectivity index (χ1v) is 11.5. The molecule has 1 amide bonds. The lowest BCUT2D eigenvalue weighted by molar-refractivity contribution is -0.141. The maximum absolute atomic E-state index is 13.4. The highest BCUT2D eigenvalue weighted by Crippen LogP contribution is 2.29. The first-order valence-electron chi connectivity index (χ1n) is 9.40. The first-order chi connectivity index (χ1) is 14.2. The van der Waals surface area contributed by atoms with Crippen LogP contribution in [0.5, 0.6) is 0 Å². The van der Waals surface area contributed by atoms with Crippen LogP contribution in [0, 0.1) is 5.92 Å². The van der Waals surface area contributed by atoms with Crippen molar-refractivity contribution in [3.8, 4) is 0 Å². The smallest absolute Gasteiger partial charge is 0.308 e. The summed E-state index contributed by atoms with van der Waals surface area (Å²) in [5.41, 5.74) is 1.52. The maximum atomic E-state index is 13.4. The van der Waals surface area contributed by atoms with Crippen LogP contribution in [0.2, 0.25) is 0 Å². The number of carbonyl (C=O) groups excluding carboxylic acids is 1. The molecule has 0 radical (unpaired) electrons. The van der Waals surface area contributed by atoms with Gasteiger partial charge in [0.2, 0.25) is 0 Å². The molecular weight excluding hydrogens is 406 g/mol. The molecule has 0 fully saturated rings. The van der Waals surface area contributed by atoms with Crippen LogP contribution in [0.15, 0.2) is 59.0 Å². The summed E-state index contributed by atoms with van der Waals surface area (Å²) < 4.78 is 29.8. The van der Waals surface area contributed by atoms with Gasteiger partial charge < -0.3 is 14.4 Å². The van der Waals surface area contributed by atoms with Gasteiger partial charge >= 0.3 is 5.97 Å². The van der Waals surface area contributed by atoms with Crippen molar-refractivity contribution in [2.75, 3.05) is 12.8 Å². The Morgan fingerprint density at radius 1 is 1.07 bits per heavy atom. The van der Waals surface area contributed by atoms with Crippen LogP contribution in [0.25, 0.3) is 11.0 Å². The zero-order chi connectivity index (χ0) is 21.9. The Hall–Kier alpha value is -3.13. The lowest BCUT2D eigenvalue weighted by Crippen LogP contribution is -2.36. The number of para-hydroxylation sites is 1. The fourth-order valence-electron chi connectivity index (χ4n) is 3.25. The van der Waals surface area contributed by atoms with Gasteiger partial charge in [0, 0.05) is 30.3 Å². The van der Waals surface area contributed by atoms with Gasteiger partial charge in [0.1, 0.15) is 5.58 Å². The second-order valence-electron chi connectivity index (χ2n) is 7.39. The third-order valence-corrected chi connectivity index (χ3v) is 5.53. The molecule has 0 aliphatic heterocycles. The van der Waals surface area contributed by atoms with Crippen LogP contribution in [0.1, 0.15) is 28.6 Å². The number of sulfone groups is 1. The molecule has 2 aromatic carbocycles. The largest absolute Gasteiger partial charge is 0.481 e. The number of carboxylic acids is 1. The average molecular weight is 429 g/mol. The summed E-state index contributed by atoms with van der Waals surface area (Å²) in [6.45, 7) is 1.65.